The van der Waals surface area contributed by atoms with Crippen LogP contribution in [0, 0.1) is 0 Å². The third kappa shape index (κ3) is 3.03. The number of likely N-dealkylation sites (tertiary alicyclic amines) is 1. The van der Waals surface area contributed by atoms with Crippen LogP contribution in [0.3, 0.4) is 0 Å². The van der Waals surface area contributed by atoms with Crippen molar-refractivity contribution in [2.24, 2.45) is 0 Å². The maximum atomic E-state index is 10.4. The van der Waals surface area contributed by atoms with E-state index in [1.807, 2.05) is 0 Å². The van der Waals surface area contributed by atoms with E-state index >= 15 is 0 Å². The molecule has 0 bridgehead atoms. The van der Waals surface area contributed by atoms with Crippen molar-refractivity contribution in [1.82, 2.24) is 9.88 Å². The van der Waals surface area contributed by atoms with Gasteiger partial charge in [-0.15, -0.1) is 0 Å². The summed E-state index contributed by atoms with van der Waals surface area (Å²) >= 11 is 0. The first-order chi connectivity index (χ1) is 7.88. The van der Waals surface area contributed by atoms with Gasteiger partial charge in [-0.2, -0.15) is 0 Å². The van der Waals surface area contributed by atoms with Gasteiger partial charge in [-0.05, 0) is 38.1 Å². The number of aromatic nitrogens is 1. The summed E-state index contributed by atoms with van der Waals surface area (Å²) in [4.78, 5) is 16.7. The predicted molar refractivity (Wildman–Crippen MR) is 60.8 cm³/mol. The van der Waals surface area contributed by atoms with Crippen LogP contribution in [0.1, 0.15) is 23.3 Å². The second-order valence-electron chi connectivity index (χ2n) is 3.93. The molecule has 1 aliphatic rings. The molecular formula is C12H16N2O2. The summed E-state index contributed by atoms with van der Waals surface area (Å²) in [5.41, 5.74) is 0.437. The maximum absolute atomic E-state index is 10.4. The van der Waals surface area contributed by atoms with Crippen LogP contribution in [0.4, 0.5) is 0 Å². The fraction of sp³-hybridized carbons (Fsp3) is 0.500. The molecule has 0 aliphatic carbocycles. The molecule has 0 N–H and O–H groups in total. The van der Waals surface area contributed by atoms with Gasteiger partial charge >= 0.3 is 0 Å². The van der Waals surface area contributed by atoms with Gasteiger partial charge in [0.1, 0.15) is 18.1 Å². The Hall–Kier alpha value is -1.42. The standard InChI is InChI=1S/C12H16N2O2/c15-10-11-3-4-12(9-13-11)16-8-7-14-5-1-2-6-14/h3-4,9-10H,1-2,5-8H2. The zero-order valence-corrected chi connectivity index (χ0v) is 9.26. The number of carbonyl (C=O) groups is 1. The Morgan fingerprint density at radius 3 is 2.81 bits per heavy atom. The minimum Gasteiger partial charge on any atom is -0.491 e. The average Bonchev–Trinajstić information content (AvgIpc) is 2.83. The second kappa shape index (κ2) is 5.61. The van der Waals surface area contributed by atoms with Crippen LogP contribution >= 0.6 is 0 Å². The predicted octanol–water partition coefficient (Wildman–Crippen LogP) is 1.37. The molecule has 0 spiro atoms. The van der Waals surface area contributed by atoms with Crippen LogP contribution in [0.5, 0.6) is 5.75 Å². The zero-order chi connectivity index (χ0) is 11.2. The fourth-order valence-electron chi connectivity index (χ4n) is 1.85. The molecule has 0 radical (unpaired) electrons. The molecule has 1 fully saturated rings. The Bertz CT molecular complexity index is 331. The minimum atomic E-state index is 0.437. The SMILES string of the molecule is O=Cc1ccc(OCCN2CCCC2)cn1. The first kappa shape index (κ1) is 11.1. The smallest absolute Gasteiger partial charge is 0.168 e. The minimum absolute atomic E-state index is 0.437. The lowest BCUT2D eigenvalue weighted by Crippen LogP contribution is -2.25. The lowest BCUT2D eigenvalue weighted by molar-refractivity contribution is 0.111. The summed E-state index contributed by atoms with van der Waals surface area (Å²) < 4.78 is 5.55. The van der Waals surface area contributed by atoms with Crippen LogP contribution in [0.15, 0.2) is 18.3 Å². The summed E-state index contributed by atoms with van der Waals surface area (Å²) in [6.45, 7) is 4.02. The second-order valence-corrected chi connectivity index (χ2v) is 3.93. The number of hydrogen-bond acceptors (Lipinski definition) is 4. The van der Waals surface area contributed by atoms with Gasteiger partial charge in [0.25, 0.3) is 0 Å². The Labute approximate surface area is 95.2 Å². The van der Waals surface area contributed by atoms with Gasteiger partial charge in [0.05, 0.1) is 6.20 Å². The fourth-order valence-corrected chi connectivity index (χ4v) is 1.85. The third-order valence-electron chi connectivity index (χ3n) is 2.75. The molecule has 86 valence electrons. The molecule has 0 unspecified atom stereocenters. The van der Waals surface area contributed by atoms with Gasteiger partial charge in [-0.25, -0.2) is 4.98 Å². The van der Waals surface area contributed by atoms with E-state index in [4.69, 9.17) is 4.74 Å². The van der Waals surface area contributed by atoms with E-state index in [1.54, 1.807) is 18.3 Å². The Morgan fingerprint density at radius 1 is 1.38 bits per heavy atom. The van der Waals surface area contributed by atoms with E-state index in [2.05, 4.69) is 9.88 Å². The molecule has 2 rings (SSSR count). The van der Waals surface area contributed by atoms with Crippen molar-refractivity contribution in [1.29, 1.82) is 0 Å². The van der Waals surface area contributed by atoms with Crippen LogP contribution < -0.4 is 4.74 Å². The molecule has 4 nitrogen and oxygen atoms in total. The number of carbonyl (C=O) groups excluding carboxylic acids is 1. The van der Waals surface area contributed by atoms with Crippen molar-refractivity contribution in [3.05, 3.63) is 24.0 Å². The molecule has 16 heavy (non-hydrogen) atoms. The number of aldehydes is 1. The highest BCUT2D eigenvalue weighted by Crippen LogP contribution is 2.10. The quantitative estimate of drug-likeness (QED) is 0.703. The van der Waals surface area contributed by atoms with Gasteiger partial charge in [-0.1, -0.05) is 0 Å². The summed E-state index contributed by atoms with van der Waals surface area (Å²) in [6.07, 6.45) is 4.92. The van der Waals surface area contributed by atoms with Gasteiger partial charge < -0.3 is 4.74 Å². The molecular weight excluding hydrogens is 204 g/mol. The molecule has 1 aromatic heterocycles. The molecule has 1 saturated heterocycles. The van der Waals surface area contributed by atoms with Crippen LogP contribution in [0.2, 0.25) is 0 Å². The van der Waals surface area contributed by atoms with Crippen molar-refractivity contribution in [2.45, 2.75) is 12.8 Å². The van der Waals surface area contributed by atoms with E-state index in [9.17, 15) is 4.79 Å². The lowest BCUT2D eigenvalue weighted by Gasteiger charge is -2.14. The normalized spacial score (nSPS) is 16.2. The number of nitrogens with zero attached hydrogens (tertiary/aromatic N) is 2. The van der Waals surface area contributed by atoms with Crippen LogP contribution in [0.25, 0.3) is 0 Å². The van der Waals surface area contributed by atoms with E-state index in [0.717, 1.165) is 18.6 Å². The zero-order valence-electron chi connectivity index (χ0n) is 9.26. The molecule has 0 amide bonds. The number of hydrogen-bond donors (Lipinski definition) is 0. The van der Waals surface area contributed by atoms with Gasteiger partial charge in [-0.3, -0.25) is 9.69 Å². The molecule has 0 atom stereocenters. The molecule has 0 saturated carbocycles. The topological polar surface area (TPSA) is 42.4 Å². The van der Waals surface area contributed by atoms with E-state index < -0.39 is 0 Å². The van der Waals surface area contributed by atoms with Gasteiger partial charge in [0.2, 0.25) is 0 Å². The highest BCUT2D eigenvalue weighted by atomic mass is 16.5. The Balaban J connectivity index is 1.73. The highest BCUT2D eigenvalue weighted by molar-refractivity contribution is 5.71. The van der Waals surface area contributed by atoms with Crippen molar-refractivity contribution in [3.8, 4) is 5.75 Å². The monoisotopic (exact) mass is 220 g/mol. The van der Waals surface area contributed by atoms with Crippen LogP contribution in [-0.4, -0.2) is 42.4 Å². The highest BCUT2D eigenvalue weighted by Gasteiger charge is 2.10. The lowest BCUT2D eigenvalue weighted by atomic mass is 10.4. The summed E-state index contributed by atoms with van der Waals surface area (Å²) in [6, 6.07) is 3.44. The molecule has 2 heterocycles. The van der Waals surface area contributed by atoms with Gasteiger partial charge in [0.15, 0.2) is 6.29 Å². The number of rotatable bonds is 5. The summed E-state index contributed by atoms with van der Waals surface area (Å²) in [7, 11) is 0. The number of ether oxygens (including phenoxy) is 1. The summed E-state index contributed by atoms with van der Waals surface area (Å²) in [5, 5.41) is 0. The van der Waals surface area contributed by atoms with E-state index in [1.165, 1.54) is 25.9 Å². The molecule has 1 aliphatic heterocycles. The van der Waals surface area contributed by atoms with Crippen molar-refractivity contribution >= 4 is 6.29 Å². The van der Waals surface area contributed by atoms with Crippen molar-refractivity contribution < 1.29 is 9.53 Å². The van der Waals surface area contributed by atoms with Crippen molar-refractivity contribution in [3.63, 3.8) is 0 Å². The first-order valence-electron chi connectivity index (χ1n) is 5.65. The van der Waals surface area contributed by atoms with E-state index in [-0.39, 0.29) is 0 Å². The molecule has 0 aromatic carbocycles. The van der Waals surface area contributed by atoms with Crippen molar-refractivity contribution in [2.75, 3.05) is 26.2 Å². The molecule has 1 aromatic rings. The Kier molecular flexibility index (Phi) is 3.88. The largest absolute Gasteiger partial charge is 0.491 e. The first-order valence-corrected chi connectivity index (χ1v) is 5.65. The Morgan fingerprint density at radius 2 is 2.19 bits per heavy atom. The van der Waals surface area contributed by atoms with Crippen LogP contribution in [-0.2, 0) is 0 Å². The number of pyridine rings is 1. The van der Waals surface area contributed by atoms with Gasteiger partial charge in [0, 0.05) is 6.54 Å². The third-order valence-corrected chi connectivity index (χ3v) is 2.75. The summed E-state index contributed by atoms with van der Waals surface area (Å²) in [5.74, 6) is 0.727. The average molecular weight is 220 g/mol. The van der Waals surface area contributed by atoms with E-state index in [0.29, 0.717) is 12.3 Å². The maximum Gasteiger partial charge on any atom is 0.168 e. The molecule has 4 heteroatoms.